The minimum absolute atomic E-state index is 0.0305. The van der Waals surface area contributed by atoms with E-state index in [0.717, 1.165) is 55.3 Å². The van der Waals surface area contributed by atoms with Crippen LogP contribution < -0.4 is 16.3 Å². The molecule has 1 aromatic heterocycles. The summed E-state index contributed by atoms with van der Waals surface area (Å²) in [5.41, 5.74) is 2.07. The number of nitrogens with one attached hydrogen (secondary N) is 2. The highest BCUT2D eigenvalue weighted by Gasteiger charge is 2.23. The molecule has 30 heavy (non-hydrogen) atoms. The number of fused-ring (bicyclic) bond motifs is 1. The summed E-state index contributed by atoms with van der Waals surface area (Å²) in [5.74, 6) is 0. The molecule has 0 spiro atoms. The van der Waals surface area contributed by atoms with Gasteiger partial charge in [-0.25, -0.2) is 9.59 Å². The van der Waals surface area contributed by atoms with E-state index in [1.54, 1.807) is 6.07 Å². The van der Waals surface area contributed by atoms with Gasteiger partial charge in [0.25, 0.3) is 0 Å². The van der Waals surface area contributed by atoms with E-state index in [1.165, 1.54) is 19.3 Å². The molecule has 0 unspecified atom stereocenters. The average Bonchev–Trinajstić information content (AvgIpc) is 2.71. The molecule has 2 fully saturated rings. The lowest BCUT2D eigenvalue weighted by Gasteiger charge is -2.33. The lowest BCUT2D eigenvalue weighted by molar-refractivity contribution is 0.185. The van der Waals surface area contributed by atoms with Crippen LogP contribution in [0.25, 0.3) is 11.0 Å². The second kappa shape index (κ2) is 9.40. The Kier molecular flexibility index (Phi) is 6.64. The predicted molar refractivity (Wildman–Crippen MR) is 119 cm³/mol. The zero-order chi connectivity index (χ0) is 21.1. The first kappa shape index (κ1) is 21.2. The molecule has 162 valence electrons. The molecule has 2 amide bonds. The number of aryl methyl sites for hydroxylation is 1. The first-order valence-corrected chi connectivity index (χ1v) is 11.4. The molecule has 1 aromatic carbocycles. The fourth-order valence-corrected chi connectivity index (χ4v) is 4.78. The van der Waals surface area contributed by atoms with Crippen LogP contribution in [0.5, 0.6) is 0 Å². The second-order valence-electron chi connectivity index (χ2n) is 8.69. The molecule has 1 aliphatic heterocycles. The van der Waals surface area contributed by atoms with Crippen molar-refractivity contribution in [1.82, 2.24) is 15.5 Å². The van der Waals surface area contributed by atoms with E-state index in [4.69, 9.17) is 16.0 Å². The molecule has 2 aromatic rings. The Labute approximate surface area is 182 Å². The number of carbonyl (C=O) groups excluding carboxylic acids is 1. The Balaban J connectivity index is 1.33. The molecule has 1 saturated carbocycles. The number of amides is 2. The SMILES string of the molecule is Cc1cc2oc(=O)cc(CN3CCC(NC(=O)NC4CCCCC4)CC3)c2cc1Cl. The molecule has 2 aliphatic rings. The number of nitrogens with zero attached hydrogens (tertiary/aromatic N) is 1. The van der Waals surface area contributed by atoms with Gasteiger partial charge >= 0.3 is 11.7 Å². The summed E-state index contributed by atoms with van der Waals surface area (Å²) in [7, 11) is 0. The van der Waals surface area contributed by atoms with E-state index in [1.807, 2.05) is 19.1 Å². The molecule has 1 saturated heterocycles. The first-order chi connectivity index (χ1) is 14.5. The maximum atomic E-state index is 12.3. The summed E-state index contributed by atoms with van der Waals surface area (Å²) in [5, 5.41) is 7.83. The first-order valence-electron chi connectivity index (χ1n) is 11.0. The van der Waals surface area contributed by atoms with Crippen LogP contribution in [-0.4, -0.2) is 36.1 Å². The van der Waals surface area contributed by atoms with Crippen molar-refractivity contribution < 1.29 is 9.21 Å². The molecule has 2 N–H and O–H groups in total. The third kappa shape index (κ3) is 5.16. The third-order valence-electron chi connectivity index (χ3n) is 6.37. The monoisotopic (exact) mass is 431 g/mol. The third-order valence-corrected chi connectivity index (χ3v) is 6.77. The second-order valence-corrected chi connectivity index (χ2v) is 9.10. The number of hydrogen-bond donors (Lipinski definition) is 2. The van der Waals surface area contributed by atoms with Crippen molar-refractivity contribution in [1.29, 1.82) is 0 Å². The lowest BCUT2D eigenvalue weighted by atomic mass is 9.96. The Morgan fingerprint density at radius 2 is 1.73 bits per heavy atom. The molecule has 7 heteroatoms. The number of likely N-dealkylation sites (tertiary alicyclic amines) is 1. The van der Waals surface area contributed by atoms with E-state index in [0.29, 0.717) is 23.2 Å². The number of hydrogen-bond acceptors (Lipinski definition) is 4. The van der Waals surface area contributed by atoms with Crippen LogP contribution in [0.2, 0.25) is 5.02 Å². The van der Waals surface area contributed by atoms with Crippen LogP contribution in [-0.2, 0) is 6.54 Å². The normalized spacial score (nSPS) is 19.1. The molecule has 0 radical (unpaired) electrons. The molecule has 4 rings (SSSR count). The maximum Gasteiger partial charge on any atom is 0.336 e. The van der Waals surface area contributed by atoms with Crippen LogP contribution in [0, 0.1) is 6.92 Å². The van der Waals surface area contributed by atoms with Gasteiger partial charge < -0.3 is 15.1 Å². The van der Waals surface area contributed by atoms with E-state index in [2.05, 4.69) is 15.5 Å². The van der Waals surface area contributed by atoms with Crippen LogP contribution in [0.1, 0.15) is 56.1 Å². The van der Waals surface area contributed by atoms with Crippen molar-refractivity contribution in [3.8, 4) is 0 Å². The fourth-order valence-electron chi connectivity index (χ4n) is 4.61. The predicted octanol–water partition coefficient (Wildman–Crippen LogP) is 4.35. The quantitative estimate of drug-likeness (QED) is 0.705. The van der Waals surface area contributed by atoms with E-state index < -0.39 is 0 Å². The maximum absolute atomic E-state index is 12.3. The minimum Gasteiger partial charge on any atom is -0.423 e. The highest BCUT2D eigenvalue weighted by Crippen LogP contribution is 2.26. The summed E-state index contributed by atoms with van der Waals surface area (Å²) >= 11 is 6.30. The van der Waals surface area contributed by atoms with Gasteiger partial charge in [0.2, 0.25) is 0 Å². The number of rotatable bonds is 4. The molecule has 0 bridgehead atoms. The van der Waals surface area contributed by atoms with Crippen LogP contribution in [0.15, 0.2) is 27.4 Å². The fraction of sp³-hybridized carbons (Fsp3) is 0.565. The van der Waals surface area contributed by atoms with E-state index in [9.17, 15) is 9.59 Å². The van der Waals surface area contributed by atoms with Crippen molar-refractivity contribution in [2.24, 2.45) is 0 Å². The van der Waals surface area contributed by atoms with E-state index >= 15 is 0 Å². The number of halogens is 1. The summed E-state index contributed by atoms with van der Waals surface area (Å²) in [4.78, 5) is 26.6. The Bertz CT molecular complexity index is 960. The molecular weight excluding hydrogens is 402 g/mol. The van der Waals surface area contributed by atoms with Crippen molar-refractivity contribution >= 4 is 28.6 Å². The van der Waals surface area contributed by atoms with Crippen LogP contribution in [0.3, 0.4) is 0 Å². The summed E-state index contributed by atoms with van der Waals surface area (Å²) in [6, 6.07) is 5.76. The largest absolute Gasteiger partial charge is 0.423 e. The topological polar surface area (TPSA) is 74.6 Å². The van der Waals surface area contributed by atoms with Gasteiger partial charge in [-0.05, 0) is 55.9 Å². The number of piperidine rings is 1. The summed E-state index contributed by atoms with van der Waals surface area (Å²) in [6.45, 7) is 4.31. The summed E-state index contributed by atoms with van der Waals surface area (Å²) < 4.78 is 5.36. The Morgan fingerprint density at radius 3 is 2.43 bits per heavy atom. The molecule has 2 heterocycles. The van der Waals surface area contributed by atoms with Gasteiger partial charge in [-0.3, -0.25) is 4.90 Å². The number of carbonyl (C=O) groups is 1. The van der Waals surface area contributed by atoms with Crippen LogP contribution in [0.4, 0.5) is 4.79 Å². The molecule has 6 nitrogen and oxygen atoms in total. The number of urea groups is 1. The lowest BCUT2D eigenvalue weighted by Crippen LogP contribution is -2.50. The molecule has 1 aliphatic carbocycles. The van der Waals surface area contributed by atoms with Gasteiger partial charge in [0.15, 0.2) is 0 Å². The standard InChI is InChI=1S/C23H30ClN3O3/c1-15-11-21-19(13-20(15)24)16(12-22(28)30-21)14-27-9-7-18(8-10-27)26-23(29)25-17-5-3-2-4-6-17/h11-13,17-18H,2-10,14H2,1H3,(H2,25,26,29). The molecule has 0 atom stereocenters. The van der Waals surface area contributed by atoms with Gasteiger partial charge in [-0.2, -0.15) is 0 Å². The van der Waals surface area contributed by atoms with Gasteiger partial charge in [0.05, 0.1) is 0 Å². The number of benzene rings is 1. The van der Waals surface area contributed by atoms with Gasteiger partial charge in [-0.1, -0.05) is 30.9 Å². The minimum atomic E-state index is -0.338. The van der Waals surface area contributed by atoms with E-state index in [-0.39, 0.29) is 17.7 Å². The highest BCUT2D eigenvalue weighted by atomic mass is 35.5. The van der Waals surface area contributed by atoms with Crippen LogP contribution >= 0.6 is 11.6 Å². The van der Waals surface area contributed by atoms with Gasteiger partial charge in [0.1, 0.15) is 5.58 Å². The zero-order valence-corrected chi connectivity index (χ0v) is 18.3. The molecular formula is C23H30ClN3O3. The smallest absolute Gasteiger partial charge is 0.336 e. The van der Waals surface area contributed by atoms with Gasteiger partial charge in [-0.15, -0.1) is 0 Å². The highest BCUT2D eigenvalue weighted by molar-refractivity contribution is 6.32. The average molecular weight is 432 g/mol. The summed E-state index contributed by atoms with van der Waals surface area (Å²) in [6.07, 6.45) is 7.68. The van der Waals surface area contributed by atoms with Crippen molar-refractivity contribution in [3.05, 3.63) is 44.8 Å². The van der Waals surface area contributed by atoms with Crippen molar-refractivity contribution in [2.75, 3.05) is 13.1 Å². The zero-order valence-electron chi connectivity index (χ0n) is 17.5. The van der Waals surface area contributed by atoms with Crippen molar-refractivity contribution in [3.63, 3.8) is 0 Å². The Hall–Kier alpha value is -2.05. The van der Waals surface area contributed by atoms with Crippen molar-refractivity contribution in [2.45, 2.75) is 70.5 Å². The Morgan fingerprint density at radius 1 is 1.07 bits per heavy atom. The van der Waals surface area contributed by atoms with Gasteiger partial charge in [0, 0.05) is 48.2 Å².